The quantitative estimate of drug-likeness (QED) is 0.705. The molecule has 0 aliphatic rings. The largest absolute Gasteiger partial charge is 0.492 e. The van der Waals surface area contributed by atoms with E-state index in [1.165, 1.54) is 0 Å². The molecular weight excluding hydrogens is 178 g/mol. The number of nitrogens with two attached hydrogens (primary N) is 2. The predicted octanol–water partition coefficient (Wildman–Crippen LogP) is 1.32. The highest BCUT2D eigenvalue weighted by atomic mass is 16.5. The van der Waals surface area contributed by atoms with Crippen molar-refractivity contribution < 1.29 is 4.74 Å². The first-order valence-electron chi connectivity index (χ1n) is 4.37. The molecule has 0 amide bonds. The number of rotatable bonds is 3. The topological polar surface area (TPSA) is 85.1 Å². The van der Waals surface area contributed by atoms with Gasteiger partial charge in [0.15, 0.2) is 0 Å². The Labute approximate surface area is 83.1 Å². The van der Waals surface area contributed by atoms with Gasteiger partial charge in [-0.25, -0.2) is 0 Å². The number of ether oxygens (including phenoxy) is 1. The molecule has 4 nitrogen and oxygen atoms in total. The first-order chi connectivity index (χ1) is 6.70. The van der Waals surface area contributed by atoms with Crippen LogP contribution in [-0.2, 0) is 6.42 Å². The Balaban J connectivity index is 3.07. The van der Waals surface area contributed by atoms with E-state index in [1.54, 1.807) is 12.1 Å². The van der Waals surface area contributed by atoms with Crippen LogP contribution in [0.15, 0.2) is 12.1 Å². The van der Waals surface area contributed by atoms with Crippen LogP contribution < -0.4 is 16.2 Å². The third-order valence-electron chi connectivity index (χ3n) is 1.91. The molecule has 0 aliphatic heterocycles. The SMILES string of the molecule is CCOc1ccc(CC#N)c(N)c1N. The lowest BCUT2D eigenvalue weighted by Crippen LogP contribution is -2.03. The second kappa shape index (κ2) is 4.38. The van der Waals surface area contributed by atoms with Crippen LogP contribution in [0.2, 0.25) is 0 Å². The number of benzene rings is 1. The Morgan fingerprint density at radius 3 is 2.64 bits per heavy atom. The van der Waals surface area contributed by atoms with Gasteiger partial charge < -0.3 is 16.2 Å². The lowest BCUT2D eigenvalue weighted by atomic mass is 10.1. The fourth-order valence-corrected chi connectivity index (χ4v) is 1.18. The van der Waals surface area contributed by atoms with E-state index in [1.807, 2.05) is 13.0 Å². The van der Waals surface area contributed by atoms with E-state index in [0.717, 1.165) is 5.56 Å². The summed E-state index contributed by atoms with van der Waals surface area (Å²) in [7, 11) is 0. The molecule has 4 N–H and O–H groups in total. The van der Waals surface area contributed by atoms with Crippen molar-refractivity contribution in [3.8, 4) is 11.8 Å². The van der Waals surface area contributed by atoms with E-state index in [2.05, 4.69) is 0 Å². The van der Waals surface area contributed by atoms with Crippen molar-refractivity contribution in [3.05, 3.63) is 17.7 Å². The average molecular weight is 191 g/mol. The third-order valence-corrected chi connectivity index (χ3v) is 1.91. The summed E-state index contributed by atoms with van der Waals surface area (Å²) in [5.74, 6) is 0.576. The van der Waals surface area contributed by atoms with Gasteiger partial charge in [-0.3, -0.25) is 0 Å². The maximum absolute atomic E-state index is 8.53. The van der Waals surface area contributed by atoms with Crippen LogP contribution in [0.4, 0.5) is 11.4 Å². The summed E-state index contributed by atoms with van der Waals surface area (Å²) in [6, 6.07) is 5.53. The average Bonchev–Trinajstić information content (AvgIpc) is 2.18. The molecule has 1 aromatic rings. The van der Waals surface area contributed by atoms with Crippen LogP contribution in [-0.4, -0.2) is 6.61 Å². The van der Waals surface area contributed by atoms with Crippen molar-refractivity contribution in [2.24, 2.45) is 0 Å². The molecule has 0 fully saturated rings. The Bertz CT molecular complexity index is 368. The molecular formula is C10H13N3O. The second-order valence-electron chi connectivity index (χ2n) is 2.82. The normalized spacial score (nSPS) is 9.43. The summed E-state index contributed by atoms with van der Waals surface area (Å²) in [6.45, 7) is 2.42. The molecule has 1 rings (SSSR count). The maximum Gasteiger partial charge on any atom is 0.144 e. The van der Waals surface area contributed by atoms with E-state index in [0.29, 0.717) is 23.7 Å². The fourth-order valence-electron chi connectivity index (χ4n) is 1.18. The van der Waals surface area contributed by atoms with Crippen LogP contribution in [0.3, 0.4) is 0 Å². The van der Waals surface area contributed by atoms with Gasteiger partial charge in [-0.15, -0.1) is 0 Å². The lowest BCUT2D eigenvalue weighted by molar-refractivity contribution is 0.342. The van der Waals surface area contributed by atoms with Crippen molar-refractivity contribution in [2.45, 2.75) is 13.3 Å². The molecule has 0 saturated carbocycles. The summed E-state index contributed by atoms with van der Waals surface area (Å²) in [6.07, 6.45) is 0.266. The minimum absolute atomic E-state index is 0.266. The zero-order chi connectivity index (χ0) is 10.6. The lowest BCUT2D eigenvalue weighted by Gasteiger charge is -2.11. The van der Waals surface area contributed by atoms with E-state index < -0.39 is 0 Å². The zero-order valence-corrected chi connectivity index (χ0v) is 8.08. The van der Waals surface area contributed by atoms with Gasteiger partial charge in [0.1, 0.15) is 5.75 Å². The van der Waals surface area contributed by atoms with Crippen molar-refractivity contribution in [1.29, 1.82) is 5.26 Å². The molecule has 0 radical (unpaired) electrons. The van der Waals surface area contributed by atoms with E-state index in [9.17, 15) is 0 Å². The van der Waals surface area contributed by atoms with Crippen LogP contribution in [0.25, 0.3) is 0 Å². The van der Waals surface area contributed by atoms with Gasteiger partial charge in [-0.1, -0.05) is 6.07 Å². The summed E-state index contributed by atoms with van der Waals surface area (Å²) >= 11 is 0. The molecule has 0 unspecified atom stereocenters. The molecule has 1 aromatic carbocycles. The van der Waals surface area contributed by atoms with Gasteiger partial charge in [0, 0.05) is 0 Å². The maximum atomic E-state index is 8.53. The molecule has 74 valence electrons. The zero-order valence-electron chi connectivity index (χ0n) is 8.08. The van der Waals surface area contributed by atoms with Gasteiger partial charge in [0.05, 0.1) is 30.5 Å². The Morgan fingerprint density at radius 2 is 2.07 bits per heavy atom. The van der Waals surface area contributed by atoms with Crippen LogP contribution in [0.1, 0.15) is 12.5 Å². The number of anilines is 2. The molecule has 4 heteroatoms. The second-order valence-corrected chi connectivity index (χ2v) is 2.82. The molecule has 0 saturated heterocycles. The Kier molecular flexibility index (Phi) is 3.19. The number of nitrogen functional groups attached to an aromatic ring is 2. The first kappa shape index (κ1) is 10.2. The molecule has 0 aliphatic carbocycles. The third kappa shape index (κ3) is 1.88. The van der Waals surface area contributed by atoms with Crippen molar-refractivity contribution in [2.75, 3.05) is 18.1 Å². The monoisotopic (exact) mass is 191 g/mol. The van der Waals surface area contributed by atoms with E-state index >= 15 is 0 Å². The van der Waals surface area contributed by atoms with Crippen LogP contribution in [0.5, 0.6) is 5.75 Å². The molecule has 0 atom stereocenters. The molecule has 0 bridgehead atoms. The van der Waals surface area contributed by atoms with Crippen molar-refractivity contribution >= 4 is 11.4 Å². The van der Waals surface area contributed by atoms with Gasteiger partial charge >= 0.3 is 0 Å². The number of nitrogens with zero attached hydrogens (tertiary/aromatic N) is 1. The highest BCUT2D eigenvalue weighted by molar-refractivity contribution is 5.74. The summed E-state index contributed by atoms with van der Waals surface area (Å²) in [5, 5.41) is 8.53. The number of hydrogen-bond donors (Lipinski definition) is 2. The summed E-state index contributed by atoms with van der Waals surface area (Å²) in [4.78, 5) is 0. The Morgan fingerprint density at radius 1 is 1.36 bits per heavy atom. The number of hydrogen-bond acceptors (Lipinski definition) is 4. The summed E-state index contributed by atoms with van der Waals surface area (Å²) in [5.41, 5.74) is 13.1. The molecule has 0 aromatic heterocycles. The standard InChI is InChI=1S/C10H13N3O/c1-2-14-8-4-3-7(5-6-11)9(12)10(8)13/h3-4H,2,5,12-13H2,1H3. The first-order valence-corrected chi connectivity index (χ1v) is 4.37. The van der Waals surface area contributed by atoms with Gasteiger partial charge in [-0.2, -0.15) is 5.26 Å². The predicted molar refractivity (Wildman–Crippen MR) is 55.8 cm³/mol. The van der Waals surface area contributed by atoms with Crippen molar-refractivity contribution in [1.82, 2.24) is 0 Å². The van der Waals surface area contributed by atoms with E-state index in [-0.39, 0.29) is 6.42 Å². The fraction of sp³-hybridized carbons (Fsp3) is 0.300. The minimum Gasteiger partial charge on any atom is -0.492 e. The van der Waals surface area contributed by atoms with Gasteiger partial charge in [0.2, 0.25) is 0 Å². The molecule has 0 heterocycles. The minimum atomic E-state index is 0.266. The van der Waals surface area contributed by atoms with Crippen molar-refractivity contribution in [3.63, 3.8) is 0 Å². The van der Waals surface area contributed by atoms with Crippen LogP contribution >= 0.6 is 0 Å². The molecule has 14 heavy (non-hydrogen) atoms. The summed E-state index contributed by atoms with van der Waals surface area (Å²) < 4.78 is 5.26. The number of nitriles is 1. The van der Waals surface area contributed by atoms with Gasteiger partial charge in [-0.05, 0) is 18.6 Å². The molecule has 0 spiro atoms. The smallest absolute Gasteiger partial charge is 0.144 e. The van der Waals surface area contributed by atoms with Gasteiger partial charge in [0.25, 0.3) is 0 Å². The highest BCUT2D eigenvalue weighted by Crippen LogP contribution is 2.30. The Hall–Kier alpha value is -1.89. The highest BCUT2D eigenvalue weighted by Gasteiger charge is 2.07. The van der Waals surface area contributed by atoms with Crippen LogP contribution in [0, 0.1) is 11.3 Å². The van der Waals surface area contributed by atoms with E-state index in [4.69, 9.17) is 21.5 Å².